The maximum absolute atomic E-state index is 14.2. The fourth-order valence-corrected chi connectivity index (χ4v) is 2.46. The number of nitro groups is 1. The fourth-order valence-electron chi connectivity index (χ4n) is 2.46. The molecule has 3 rings (SSSR count). The third-order valence-electron chi connectivity index (χ3n) is 3.34. The molecular weight excluding hydrogens is 273 g/mol. The summed E-state index contributed by atoms with van der Waals surface area (Å²) >= 11 is 0. The predicted molar refractivity (Wildman–Crippen MR) is 77.7 cm³/mol. The van der Waals surface area contributed by atoms with E-state index in [1.807, 2.05) is 0 Å². The molecule has 0 saturated heterocycles. The van der Waals surface area contributed by atoms with E-state index in [9.17, 15) is 19.6 Å². The molecule has 0 spiro atoms. The first-order valence-corrected chi connectivity index (χ1v) is 6.23. The number of benzene rings is 3. The fraction of sp³-hybridized carbons (Fsp3) is 0. The van der Waals surface area contributed by atoms with E-state index in [0.29, 0.717) is 16.3 Å². The van der Waals surface area contributed by atoms with E-state index in [2.05, 4.69) is 0 Å². The van der Waals surface area contributed by atoms with Crippen LogP contribution in [0.4, 0.5) is 10.1 Å². The van der Waals surface area contributed by atoms with Crippen molar-refractivity contribution in [1.29, 1.82) is 0 Å². The largest absolute Gasteiger partial charge is 0.507 e. The molecule has 3 aromatic rings. The highest BCUT2D eigenvalue weighted by molar-refractivity contribution is 6.02. The van der Waals surface area contributed by atoms with Crippen LogP contribution in [0, 0.1) is 15.9 Å². The lowest BCUT2D eigenvalue weighted by Gasteiger charge is -2.10. The van der Waals surface area contributed by atoms with Gasteiger partial charge in [0.25, 0.3) is 5.69 Å². The van der Waals surface area contributed by atoms with Crippen molar-refractivity contribution in [2.24, 2.45) is 0 Å². The van der Waals surface area contributed by atoms with Crippen LogP contribution in [0.15, 0.2) is 54.6 Å². The second kappa shape index (κ2) is 4.86. The number of rotatable bonds is 2. The molecule has 104 valence electrons. The van der Waals surface area contributed by atoms with Crippen molar-refractivity contribution in [2.45, 2.75) is 0 Å². The molecule has 0 fully saturated rings. The summed E-state index contributed by atoms with van der Waals surface area (Å²) in [4.78, 5) is 10.5. The number of phenols is 1. The first kappa shape index (κ1) is 13.1. The van der Waals surface area contributed by atoms with Gasteiger partial charge in [-0.1, -0.05) is 36.4 Å². The van der Waals surface area contributed by atoms with Crippen molar-refractivity contribution in [3.8, 4) is 16.9 Å². The number of phenolic OH excluding ortho intramolecular Hbond substituents is 1. The maximum atomic E-state index is 14.2. The summed E-state index contributed by atoms with van der Waals surface area (Å²) in [6, 6.07) is 13.6. The summed E-state index contributed by atoms with van der Waals surface area (Å²) in [5, 5.41) is 22.3. The van der Waals surface area contributed by atoms with Crippen molar-refractivity contribution in [1.82, 2.24) is 0 Å². The van der Waals surface area contributed by atoms with E-state index >= 15 is 0 Å². The van der Waals surface area contributed by atoms with Crippen molar-refractivity contribution in [3.63, 3.8) is 0 Å². The highest BCUT2D eigenvalue weighted by Gasteiger charge is 2.21. The Labute approximate surface area is 119 Å². The minimum atomic E-state index is -0.694. The van der Waals surface area contributed by atoms with Gasteiger partial charge in [0, 0.05) is 17.0 Å². The molecule has 0 aliphatic carbocycles. The van der Waals surface area contributed by atoms with Gasteiger partial charge in [0.2, 0.25) is 0 Å². The second-order valence-electron chi connectivity index (χ2n) is 4.57. The molecule has 3 aromatic carbocycles. The Morgan fingerprint density at radius 3 is 2.38 bits per heavy atom. The number of aromatic hydroxyl groups is 1. The van der Waals surface area contributed by atoms with Crippen LogP contribution in [-0.2, 0) is 0 Å². The normalized spacial score (nSPS) is 10.7. The first-order chi connectivity index (χ1) is 10.1. The van der Waals surface area contributed by atoms with Crippen molar-refractivity contribution >= 4 is 16.5 Å². The Morgan fingerprint density at radius 1 is 1.00 bits per heavy atom. The van der Waals surface area contributed by atoms with Gasteiger partial charge in [0.15, 0.2) is 0 Å². The number of nitro benzene ring substituents is 1. The van der Waals surface area contributed by atoms with Gasteiger partial charge in [-0.2, -0.15) is 0 Å². The van der Waals surface area contributed by atoms with Crippen molar-refractivity contribution in [3.05, 3.63) is 70.5 Å². The van der Waals surface area contributed by atoms with Crippen LogP contribution in [0.25, 0.3) is 21.9 Å². The van der Waals surface area contributed by atoms with Gasteiger partial charge < -0.3 is 5.11 Å². The zero-order valence-electron chi connectivity index (χ0n) is 10.8. The maximum Gasteiger partial charge on any atom is 0.280 e. The minimum absolute atomic E-state index is 0.0411. The number of hydrogen-bond acceptors (Lipinski definition) is 3. The van der Waals surface area contributed by atoms with Gasteiger partial charge in [-0.05, 0) is 17.5 Å². The van der Waals surface area contributed by atoms with Gasteiger partial charge in [0.1, 0.15) is 11.6 Å². The van der Waals surface area contributed by atoms with Crippen molar-refractivity contribution in [2.75, 3.05) is 0 Å². The lowest BCUT2D eigenvalue weighted by atomic mass is 9.96. The summed E-state index contributed by atoms with van der Waals surface area (Å²) in [7, 11) is 0. The predicted octanol–water partition coefficient (Wildman–Crippen LogP) is 4.26. The Morgan fingerprint density at radius 2 is 1.67 bits per heavy atom. The van der Waals surface area contributed by atoms with E-state index in [-0.39, 0.29) is 17.0 Å². The zero-order chi connectivity index (χ0) is 15.0. The standard InChI is InChI=1S/C16H10FNO3/c17-12-7-3-8-13(18(20)21)16(12)11-6-1-4-10-5-2-9-14(19)15(10)11/h1-9,19H. The van der Waals surface area contributed by atoms with E-state index < -0.39 is 10.7 Å². The molecule has 0 bridgehead atoms. The van der Waals surface area contributed by atoms with Gasteiger partial charge >= 0.3 is 0 Å². The molecule has 0 aromatic heterocycles. The minimum Gasteiger partial charge on any atom is -0.507 e. The van der Waals surface area contributed by atoms with Crippen LogP contribution >= 0.6 is 0 Å². The summed E-state index contributed by atoms with van der Waals surface area (Å²) in [6.45, 7) is 0. The third-order valence-corrected chi connectivity index (χ3v) is 3.34. The SMILES string of the molecule is O=[N+]([O-])c1cccc(F)c1-c1cccc2cccc(O)c12. The Kier molecular flexibility index (Phi) is 3.02. The van der Waals surface area contributed by atoms with Crippen LogP contribution in [0.2, 0.25) is 0 Å². The molecule has 4 nitrogen and oxygen atoms in total. The quantitative estimate of drug-likeness (QED) is 0.564. The molecule has 0 heterocycles. The topological polar surface area (TPSA) is 63.4 Å². The number of halogens is 1. The first-order valence-electron chi connectivity index (χ1n) is 6.23. The Hall–Kier alpha value is -2.95. The molecule has 21 heavy (non-hydrogen) atoms. The van der Waals surface area contributed by atoms with Crippen LogP contribution in [0.1, 0.15) is 0 Å². The van der Waals surface area contributed by atoms with Gasteiger partial charge in [-0.3, -0.25) is 10.1 Å². The Bertz CT molecular complexity index is 856. The molecule has 0 aliphatic rings. The molecule has 0 unspecified atom stereocenters. The monoisotopic (exact) mass is 283 g/mol. The van der Waals surface area contributed by atoms with Crippen LogP contribution in [-0.4, -0.2) is 10.0 Å². The average Bonchev–Trinajstić information content (AvgIpc) is 2.46. The number of hydrogen-bond donors (Lipinski definition) is 1. The average molecular weight is 283 g/mol. The molecule has 1 N–H and O–H groups in total. The van der Waals surface area contributed by atoms with Gasteiger partial charge in [-0.15, -0.1) is 0 Å². The van der Waals surface area contributed by atoms with E-state index in [1.54, 1.807) is 30.3 Å². The Balaban J connectivity index is 2.45. The molecule has 0 atom stereocenters. The zero-order valence-corrected chi connectivity index (χ0v) is 10.8. The number of fused-ring (bicyclic) bond motifs is 1. The third kappa shape index (κ3) is 2.08. The van der Waals surface area contributed by atoms with Crippen LogP contribution < -0.4 is 0 Å². The van der Waals surface area contributed by atoms with Crippen LogP contribution in [0.5, 0.6) is 5.75 Å². The second-order valence-corrected chi connectivity index (χ2v) is 4.57. The van der Waals surface area contributed by atoms with E-state index in [1.165, 1.54) is 24.3 Å². The summed E-state index contributed by atoms with van der Waals surface area (Å²) in [5.74, 6) is -0.736. The van der Waals surface area contributed by atoms with Gasteiger partial charge in [0.05, 0.1) is 10.5 Å². The smallest absolute Gasteiger partial charge is 0.280 e. The molecular formula is C16H10FNO3. The highest BCUT2D eigenvalue weighted by Crippen LogP contribution is 2.39. The number of nitrogens with zero attached hydrogens (tertiary/aromatic N) is 1. The van der Waals surface area contributed by atoms with Gasteiger partial charge in [-0.25, -0.2) is 4.39 Å². The lowest BCUT2D eigenvalue weighted by Crippen LogP contribution is -1.95. The molecule has 0 aliphatic heterocycles. The molecule has 0 amide bonds. The molecule has 5 heteroatoms. The highest BCUT2D eigenvalue weighted by atomic mass is 19.1. The van der Waals surface area contributed by atoms with Crippen molar-refractivity contribution < 1.29 is 14.4 Å². The summed E-state index contributed by atoms with van der Waals surface area (Å²) in [6.07, 6.45) is 0. The molecule has 0 saturated carbocycles. The van der Waals surface area contributed by atoms with Crippen LogP contribution in [0.3, 0.4) is 0 Å². The van der Waals surface area contributed by atoms with E-state index in [0.717, 1.165) is 0 Å². The summed E-state index contributed by atoms with van der Waals surface area (Å²) in [5.41, 5.74) is -0.143. The van der Waals surface area contributed by atoms with E-state index in [4.69, 9.17) is 0 Å². The molecule has 0 radical (unpaired) electrons. The summed E-state index contributed by atoms with van der Waals surface area (Å²) < 4.78 is 14.2. The lowest BCUT2D eigenvalue weighted by molar-refractivity contribution is -0.384.